The average molecular weight is 444 g/mol. The molecule has 0 atom stereocenters. The molecule has 1 aromatic heterocycles. The fraction of sp³-hybridized carbons (Fsp3) is 0.192. The lowest BCUT2D eigenvalue weighted by Gasteiger charge is -2.14. The van der Waals surface area contributed by atoms with Gasteiger partial charge in [-0.05, 0) is 42.3 Å². The van der Waals surface area contributed by atoms with Gasteiger partial charge in [0.05, 0.1) is 13.7 Å². The lowest BCUT2D eigenvalue weighted by Crippen LogP contribution is -2.07. The van der Waals surface area contributed by atoms with E-state index in [0.717, 1.165) is 23.3 Å². The predicted molar refractivity (Wildman–Crippen MR) is 124 cm³/mol. The molecule has 4 aromatic rings. The number of H-pyrrole nitrogens is 1. The van der Waals surface area contributed by atoms with Crippen LogP contribution in [-0.4, -0.2) is 35.1 Å². The monoisotopic (exact) mass is 443 g/mol. The van der Waals surface area contributed by atoms with Crippen molar-refractivity contribution in [3.05, 3.63) is 95.2 Å². The zero-order chi connectivity index (χ0) is 23.0. The van der Waals surface area contributed by atoms with E-state index in [-0.39, 0.29) is 18.9 Å². The number of methoxy groups -OCH3 is 1. The number of benzene rings is 3. The quantitative estimate of drug-likeness (QED) is 0.373. The molecule has 0 unspecified atom stereocenters. The lowest BCUT2D eigenvalue weighted by molar-refractivity contribution is 0.0520. The van der Waals surface area contributed by atoms with E-state index in [1.54, 1.807) is 14.0 Å². The van der Waals surface area contributed by atoms with E-state index in [1.807, 2.05) is 54.6 Å². The number of hydrogen-bond acceptors (Lipinski definition) is 6. The van der Waals surface area contributed by atoms with Crippen molar-refractivity contribution >= 4 is 5.97 Å². The number of aromatic amines is 1. The highest BCUT2D eigenvalue weighted by atomic mass is 16.5. The van der Waals surface area contributed by atoms with Crippen molar-refractivity contribution < 1.29 is 19.0 Å². The molecular formula is C26H25N3O4. The van der Waals surface area contributed by atoms with Crippen LogP contribution < -0.4 is 9.47 Å². The fourth-order valence-corrected chi connectivity index (χ4v) is 3.57. The van der Waals surface area contributed by atoms with Crippen molar-refractivity contribution in [2.75, 3.05) is 13.7 Å². The molecule has 1 N–H and O–H groups in total. The second kappa shape index (κ2) is 10.5. The van der Waals surface area contributed by atoms with Crippen LogP contribution in [0, 0.1) is 0 Å². The Kier molecular flexibility index (Phi) is 6.99. The minimum absolute atomic E-state index is 0.141. The van der Waals surface area contributed by atoms with E-state index in [2.05, 4.69) is 33.6 Å². The van der Waals surface area contributed by atoms with Gasteiger partial charge in [0, 0.05) is 17.5 Å². The molecule has 1 heterocycles. The van der Waals surface area contributed by atoms with Crippen LogP contribution in [0.15, 0.2) is 72.8 Å². The third-order valence-electron chi connectivity index (χ3n) is 5.16. The summed E-state index contributed by atoms with van der Waals surface area (Å²) in [5.41, 5.74) is 4.40. The Morgan fingerprint density at radius 3 is 2.48 bits per heavy atom. The summed E-state index contributed by atoms with van der Waals surface area (Å²) in [6.45, 7) is 2.29. The van der Waals surface area contributed by atoms with Crippen LogP contribution in [0.1, 0.15) is 34.1 Å². The third-order valence-corrected chi connectivity index (χ3v) is 5.16. The minimum atomic E-state index is -0.523. The van der Waals surface area contributed by atoms with Crippen LogP contribution in [0.4, 0.5) is 0 Å². The molecule has 0 fully saturated rings. The molecule has 33 heavy (non-hydrogen) atoms. The first-order valence-corrected chi connectivity index (χ1v) is 10.7. The lowest BCUT2D eigenvalue weighted by atomic mass is 10.0. The first-order chi connectivity index (χ1) is 16.2. The van der Waals surface area contributed by atoms with Crippen LogP contribution in [0.2, 0.25) is 0 Å². The zero-order valence-corrected chi connectivity index (χ0v) is 18.6. The largest absolute Gasteiger partial charge is 0.496 e. The highest BCUT2D eigenvalue weighted by Gasteiger charge is 2.20. The summed E-state index contributed by atoms with van der Waals surface area (Å²) >= 11 is 0. The summed E-state index contributed by atoms with van der Waals surface area (Å²) in [5.74, 6) is 0.965. The topological polar surface area (TPSA) is 86.3 Å². The number of ether oxygens (including phenoxy) is 3. The van der Waals surface area contributed by atoms with E-state index in [9.17, 15) is 4.79 Å². The number of rotatable bonds is 9. The van der Waals surface area contributed by atoms with Crippen molar-refractivity contribution in [3.8, 4) is 22.8 Å². The molecule has 0 amide bonds. The van der Waals surface area contributed by atoms with Gasteiger partial charge in [0.15, 0.2) is 5.69 Å². The molecule has 3 aromatic carbocycles. The molecular weight excluding hydrogens is 418 g/mol. The standard InChI is InChI=1S/C26H25N3O4/c1-3-32-26(30)25-24(27-29-28-25)20-13-14-22(31-2)21(16-20)17-33-23-12-8-7-11-19(23)15-18-9-5-4-6-10-18/h4-14,16H,3,15,17H2,1-2H3,(H,27,28,29). The molecule has 0 aliphatic heterocycles. The van der Waals surface area contributed by atoms with Crippen molar-refractivity contribution in [2.24, 2.45) is 0 Å². The molecule has 0 aliphatic rings. The summed E-state index contributed by atoms with van der Waals surface area (Å²) in [6, 6.07) is 23.8. The zero-order valence-electron chi connectivity index (χ0n) is 18.6. The van der Waals surface area contributed by atoms with Crippen LogP contribution in [0.3, 0.4) is 0 Å². The predicted octanol–water partition coefficient (Wildman–Crippen LogP) is 4.83. The number of para-hydroxylation sites is 1. The number of carbonyl (C=O) groups excluding carboxylic acids is 1. The van der Waals surface area contributed by atoms with Crippen LogP contribution in [0.5, 0.6) is 11.5 Å². The Morgan fingerprint density at radius 1 is 0.909 bits per heavy atom. The van der Waals surface area contributed by atoms with Gasteiger partial charge in [-0.3, -0.25) is 0 Å². The average Bonchev–Trinajstić information content (AvgIpc) is 3.34. The van der Waals surface area contributed by atoms with Gasteiger partial charge < -0.3 is 14.2 Å². The SMILES string of the molecule is CCOC(=O)c1n[nH]nc1-c1ccc(OC)c(COc2ccccc2Cc2ccccc2)c1. The van der Waals surface area contributed by atoms with Gasteiger partial charge in [-0.25, -0.2) is 4.79 Å². The highest BCUT2D eigenvalue weighted by molar-refractivity contribution is 5.94. The van der Waals surface area contributed by atoms with Crippen molar-refractivity contribution in [2.45, 2.75) is 20.0 Å². The molecule has 168 valence electrons. The molecule has 0 spiro atoms. The van der Waals surface area contributed by atoms with E-state index < -0.39 is 5.97 Å². The van der Waals surface area contributed by atoms with E-state index in [1.165, 1.54) is 5.56 Å². The van der Waals surface area contributed by atoms with Crippen LogP contribution in [-0.2, 0) is 17.8 Å². The third kappa shape index (κ3) is 5.20. The number of carbonyl (C=O) groups is 1. The minimum Gasteiger partial charge on any atom is -0.496 e. The normalized spacial score (nSPS) is 10.6. The van der Waals surface area contributed by atoms with E-state index in [4.69, 9.17) is 14.2 Å². The van der Waals surface area contributed by atoms with Crippen molar-refractivity contribution in [1.29, 1.82) is 0 Å². The molecule has 7 nitrogen and oxygen atoms in total. The smallest absolute Gasteiger partial charge is 0.361 e. The summed E-state index contributed by atoms with van der Waals surface area (Å²) in [4.78, 5) is 12.2. The Hall–Kier alpha value is -4.13. The van der Waals surface area contributed by atoms with E-state index >= 15 is 0 Å². The second-order valence-electron chi connectivity index (χ2n) is 7.33. The summed E-state index contributed by atoms with van der Waals surface area (Å²) in [7, 11) is 1.61. The molecule has 7 heteroatoms. The number of esters is 1. The van der Waals surface area contributed by atoms with Gasteiger partial charge in [-0.1, -0.05) is 48.5 Å². The van der Waals surface area contributed by atoms with Gasteiger partial charge in [0.2, 0.25) is 0 Å². The molecule has 0 saturated carbocycles. The Morgan fingerprint density at radius 2 is 1.70 bits per heavy atom. The van der Waals surface area contributed by atoms with Gasteiger partial charge >= 0.3 is 5.97 Å². The summed E-state index contributed by atoms with van der Waals surface area (Å²) in [6.07, 6.45) is 0.774. The first kappa shape index (κ1) is 22.1. The Balaban J connectivity index is 1.58. The van der Waals surface area contributed by atoms with E-state index in [0.29, 0.717) is 17.0 Å². The summed E-state index contributed by atoms with van der Waals surface area (Å²) < 4.78 is 16.8. The van der Waals surface area contributed by atoms with Gasteiger partial charge in [-0.15, -0.1) is 5.10 Å². The maximum atomic E-state index is 12.2. The van der Waals surface area contributed by atoms with Crippen molar-refractivity contribution in [3.63, 3.8) is 0 Å². The van der Waals surface area contributed by atoms with Crippen LogP contribution in [0.25, 0.3) is 11.3 Å². The van der Waals surface area contributed by atoms with Crippen molar-refractivity contribution in [1.82, 2.24) is 15.4 Å². The number of nitrogens with zero attached hydrogens (tertiary/aromatic N) is 2. The molecule has 0 radical (unpaired) electrons. The summed E-state index contributed by atoms with van der Waals surface area (Å²) in [5, 5.41) is 10.6. The molecule has 0 bridgehead atoms. The molecule has 0 saturated heterocycles. The highest BCUT2D eigenvalue weighted by Crippen LogP contribution is 2.29. The number of nitrogens with one attached hydrogen (secondary N) is 1. The molecule has 0 aliphatic carbocycles. The van der Waals surface area contributed by atoms with Crippen LogP contribution >= 0.6 is 0 Å². The Bertz CT molecular complexity index is 1220. The number of aromatic nitrogens is 3. The fourth-order valence-electron chi connectivity index (χ4n) is 3.57. The maximum absolute atomic E-state index is 12.2. The van der Waals surface area contributed by atoms with Gasteiger partial charge in [0.25, 0.3) is 0 Å². The maximum Gasteiger partial charge on any atom is 0.361 e. The number of hydrogen-bond donors (Lipinski definition) is 1. The van der Waals surface area contributed by atoms with Gasteiger partial charge in [0.1, 0.15) is 23.8 Å². The van der Waals surface area contributed by atoms with Gasteiger partial charge in [-0.2, -0.15) is 10.3 Å². The Labute approximate surface area is 192 Å². The first-order valence-electron chi connectivity index (χ1n) is 10.7. The molecule has 4 rings (SSSR count). The second-order valence-corrected chi connectivity index (χ2v) is 7.33.